The maximum absolute atomic E-state index is 11.9. The zero-order valence-electron chi connectivity index (χ0n) is 10.9. The molecule has 1 aromatic rings. The number of amides is 2. The van der Waals surface area contributed by atoms with Crippen LogP contribution < -0.4 is 16.8 Å². The molecule has 0 bridgehead atoms. The molecule has 0 aliphatic rings. The standard InChI is InChI=1S/C13H19N3O2/c1-13(2,3)10(14)12(18)16-9-6-4-8(5-7-9)11(15)17/h4-7,10H,14H2,1-3H3,(H2,15,17)(H,16,18)/t10-/m1/s1. The van der Waals surface area contributed by atoms with Gasteiger partial charge in [-0.05, 0) is 29.7 Å². The van der Waals surface area contributed by atoms with Crippen molar-refractivity contribution in [2.45, 2.75) is 26.8 Å². The topological polar surface area (TPSA) is 98.2 Å². The third-order valence-corrected chi connectivity index (χ3v) is 2.65. The molecule has 0 spiro atoms. The van der Waals surface area contributed by atoms with Gasteiger partial charge in [0, 0.05) is 11.3 Å². The predicted molar refractivity (Wildman–Crippen MR) is 71.0 cm³/mol. The van der Waals surface area contributed by atoms with E-state index in [1.165, 1.54) is 0 Å². The van der Waals surface area contributed by atoms with Crippen LogP contribution in [0.3, 0.4) is 0 Å². The molecule has 1 rings (SSSR count). The van der Waals surface area contributed by atoms with E-state index in [0.717, 1.165) is 0 Å². The van der Waals surface area contributed by atoms with Gasteiger partial charge in [0.2, 0.25) is 11.8 Å². The molecule has 98 valence electrons. The molecule has 0 aliphatic carbocycles. The second kappa shape index (κ2) is 5.18. The molecule has 0 saturated heterocycles. The van der Waals surface area contributed by atoms with Crippen LogP contribution in [-0.4, -0.2) is 17.9 Å². The molecular weight excluding hydrogens is 230 g/mol. The summed E-state index contributed by atoms with van der Waals surface area (Å²) in [7, 11) is 0. The summed E-state index contributed by atoms with van der Waals surface area (Å²) >= 11 is 0. The van der Waals surface area contributed by atoms with Crippen LogP contribution in [0, 0.1) is 5.41 Å². The summed E-state index contributed by atoms with van der Waals surface area (Å²) in [6.07, 6.45) is 0. The fourth-order valence-electron chi connectivity index (χ4n) is 1.33. The van der Waals surface area contributed by atoms with Gasteiger partial charge in [-0.2, -0.15) is 0 Å². The first-order valence-electron chi connectivity index (χ1n) is 5.68. The van der Waals surface area contributed by atoms with Gasteiger partial charge in [-0.1, -0.05) is 20.8 Å². The van der Waals surface area contributed by atoms with E-state index >= 15 is 0 Å². The number of hydrogen-bond donors (Lipinski definition) is 3. The first kappa shape index (κ1) is 14.2. The molecular formula is C13H19N3O2. The highest BCUT2D eigenvalue weighted by Crippen LogP contribution is 2.19. The van der Waals surface area contributed by atoms with Gasteiger partial charge in [0.25, 0.3) is 0 Å². The monoisotopic (exact) mass is 249 g/mol. The van der Waals surface area contributed by atoms with E-state index in [9.17, 15) is 9.59 Å². The lowest BCUT2D eigenvalue weighted by Crippen LogP contribution is -2.45. The molecule has 1 aromatic carbocycles. The Balaban J connectivity index is 2.74. The lowest BCUT2D eigenvalue weighted by atomic mass is 9.87. The molecule has 18 heavy (non-hydrogen) atoms. The Kier molecular flexibility index (Phi) is 4.08. The Hall–Kier alpha value is -1.88. The van der Waals surface area contributed by atoms with Crippen LogP contribution in [0.1, 0.15) is 31.1 Å². The summed E-state index contributed by atoms with van der Waals surface area (Å²) in [5.74, 6) is -0.756. The molecule has 0 unspecified atom stereocenters. The Bertz CT molecular complexity index is 446. The van der Waals surface area contributed by atoms with E-state index in [1.807, 2.05) is 20.8 Å². The summed E-state index contributed by atoms with van der Waals surface area (Å²) < 4.78 is 0. The van der Waals surface area contributed by atoms with Crippen LogP contribution in [-0.2, 0) is 4.79 Å². The summed E-state index contributed by atoms with van der Waals surface area (Å²) in [6, 6.07) is 5.75. The van der Waals surface area contributed by atoms with E-state index in [2.05, 4.69) is 5.32 Å². The van der Waals surface area contributed by atoms with Crippen LogP contribution in [0.2, 0.25) is 0 Å². The van der Waals surface area contributed by atoms with E-state index in [-0.39, 0.29) is 11.3 Å². The molecule has 0 saturated carbocycles. The SMILES string of the molecule is CC(C)(C)[C@H](N)C(=O)Nc1ccc(C(N)=O)cc1. The summed E-state index contributed by atoms with van der Waals surface area (Å²) in [4.78, 5) is 22.7. The lowest BCUT2D eigenvalue weighted by molar-refractivity contribution is -0.119. The first-order chi connectivity index (χ1) is 8.21. The number of hydrogen-bond acceptors (Lipinski definition) is 3. The third kappa shape index (κ3) is 3.56. The number of rotatable bonds is 3. The number of nitrogens with one attached hydrogen (secondary N) is 1. The van der Waals surface area contributed by atoms with Crippen molar-refractivity contribution >= 4 is 17.5 Å². The molecule has 5 N–H and O–H groups in total. The van der Waals surface area contributed by atoms with E-state index in [4.69, 9.17) is 11.5 Å². The molecule has 0 radical (unpaired) electrons. The highest BCUT2D eigenvalue weighted by Gasteiger charge is 2.27. The number of carbonyl (C=O) groups excluding carboxylic acids is 2. The van der Waals surface area contributed by atoms with Crippen LogP contribution >= 0.6 is 0 Å². The van der Waals surface area contributed by atoms with E-state index in [0.29, 0.717) is 11.3 Å². The number of anilines is 1. The Morgan fingerprint density at radius 1 is 1.17 bits per heavy atom. The summed E-state index contributed by atoms with van der Waals surface area (Å²) in [5, 5.41) is 2.70. The minimum absolute atomic E-state index is 0.255. The minimum atomic E-state index is -0.603. The maximum atomic E-state index is 11.9. The Morgan fingerprint density at radius 3 is 2.06 bits per heavy atom. The van der Waals surface area contributed by atoms with Gasteiger partial charge in [-0.3, -0.25) is 9.59 Å². The van der Waals surface area contributed by atoms with Gasteiger partial charge in [0.05, 0.1) is 6.04 Å². The van der Waals surface area contributed by atoms with Crippen molar-refractivity contribution in [1.82, 2.24) is 0 Å². The van der Waals surface area contributed by atoms with Crippen molar-refractivity contribution in [3.63, 3.8) is 0 Å². The van der Waals surface area contributed by atoms with Gasteiger partial charge in [-0.25, -0.2) is 0 Å². The number of nitrogens with two attached hydrogens (primary N) is 2. The van der Waals surface area contributed by atoms with Gasteiger partial charge >= 0.3 is 0 Å². The van der Waals surface area contributed by atoms with E-state index in [1.54, 1.807) is 24.3 Å². The Morgan fingerprint density at radius 2 is 1.67 bits per heavy atom. The van der Waals surface area contributed by atoms with Crippen molar-refractivity contribution < 1.29 is 9.59 Å². The highest BCUT2D eigenvalue weighted by molar-refractivity contribution is 5.96. The highest BCUT2D eigenvalue weighted by atomic mass is 16.2. The van der Waals surface area contributed by atoms with Gasteiger partial charge in [0.15, 0.2) is 0 Å². The summed E-state index contributed by atoms with van der Waals surface area (Å²) in [5.41, 5.74) is 11.6. The van der Waals surface area contributed by atoms with E-state index < -0.39 is 11.9 Å². The van der Waals surface area contributed by atoms with Crippen molar-refractivity contribution in [3.05, 3.63) is 29.8 Å². The second-order valence-electron chi connectivity index (χ2n) is 5.27. The van der Waals surface area contributed by atoms with Crippen LogP contribution in [0.25, 0.3) is 0 Å². The molecule has 2 amide bonds. The fourth-order valence-corrected chi connectivity index (χ4v) is 1.33. The van der Waals surface area contributed by atoms with Crippen molar-refractivity contribution in [2.24, 2.45) is 16.9 Å². The predicted octanol–water partition coefficient (Wildman–Crippen LogP) is 1.10. The smallest absolute Gasteiger partial charge is 0.248 e. The zero-order chi connectivity index (χ0) is 13.9. The number of primary amides is 1. The maximum Gasteiger partial charge on any atom is 0.248 e. The Labute approximate surface area is 107 Å². The molecule has 0 heterocycles. The van der Waals surface area contributed by atoms with Gasteiger partial charge < -0.3 is 16.8 Å². The van der Waals surface area contributed by atoms with Crippen LogP contribution in [0.5, 0.6) is 0 Å². The van der Waals surface area contributed by atoms with Crippen molar-refractivity contribution in [1.29, 1.82) is 0 Å². The molecule has 1 atom stereocenters. The molecule has 5 heteroatoms. The first-order valence-corrected chi connectivity index (χ1v) is 5.68. The van der Waals surface area contributed by atoms with Crippen LogP contribution in [0.4, 0.5) is 5.69 Å². The summed E-state index contributed by atoms with van der Waals surface area (Å²) in [6.45, 7) is 5.69. The van der Waals surface area contributed by atoms with Crippen LogP contribution in [0.15, 0.2) is 24.3 Å². The van der Waals surface area contributed by atoms with Crippen molar-refractivity contribution in [3.8, 4) is 0 Å². The average Bonchev–Trinajstić information content (AvgIpc) is 2.27. The quantitative estimate of drug-likeness (QED) is 0.748. The minimum Gasteiger partial charge on any atom is -0.366 e. The molecule has 0 fully saturated rings. The third-order valence-electron chi connectivity index (χ3n) is 2.65. The normalized spacial score (nSPS) is 12.9. The number of benzene rings is 1. The largest absolute Gasteiger partial charge is 0.366 e. The zero-order valence-corrected chi connectivity index (χ0v) is 10.9. The second-order valence-corrected chi connectivity index (χ2v) is 5.27. The van der Waals surface area contributed by atoms with Gasteiger partial charge in [0.1, 0.15) is 0 Å². The molecule has 0 aromatic heterocycles. The molecule has 5 nitrogen and oxygen atoms in total. The van der Waals surface area contributed by atoms with Crippen molar-refractivity contribution in [2.75, 3.05) is 5.32 Å². The fraction of sp³-hybridized carbons (Fsp3) is 0.385. The lowest BCUT2D eigenvalue weighted by Gasteiger charge is -2.25. The number of carbonyl (C=O) groups is 2. The average molecular weight is 249 g/mol. The van der Waals surface area contributed by atoms with Gasteiger partial charge in [-0.15, -0.1) is 0 Å². The molecule has 0 aliphatic heterocycles.